The lowest BCUT2D eigenvalue weighted by atomic mass is 10.1. The van der Waals surface area contributed by atoms with Gasteiger partial charge in [-0.3, -0.25) is 9.59 Å². The number of ether oxygens (including phenoxy) is 1. The number of hydrogen-bond donors (Lipinski definition) is 1. The summed E-state index contributed by atoms with van der Waals surface area (Å²) in [5.41, 5.74) is 2.33. The molecule has 1 aliphatic heterocycles. The van der Waals surface area contributed by atoms with E-state index in [1.165, 1.54) is 13.3 Å². The second-order valence-electron chi connectivity index (χ2n) is 10.0. The topological polar surface area (TPSA) is 87.7 Å². The van der Waals surface area contributed by atoms with Crippen molar-refractivity contribution < 1.29 is 14.3 Å². The van der Waals surface area contributed by atoms with Crippen LogP contribution in [0.2, 0.25) is 0 Å². The third-order valence-electron chi connectivity index (χ3n) is 6.79. The minimum atomic E-state index is -0.394. The molecule has 1 N–H and O–H groups in total. The Bertz CT molecular complexity index is 1490. The lowest BCUT2D eigenvalue weighted by Gasteiger charge is -2.30. The maximum atomic E-state index is 12.9. The fourth-order valence-corrected chi connectivity index (χ4v) is 4.83. The highest BCUT2D eigenvalue weighted by molar-refractivity contribution is 6.06. The largest absolute Gasteiger partial charge is 0.419 e. The predicted molar refractivity (Wildman–Crippen MR) is 155 cm³/mol. The minimum Gasteiger partial charge on any atom is -0.419 e. The first-order valence-corrected chi connectivity index (χ1v) is 13.3. The summed E-state index contributed by atoms with van der Waals surface area (Å²) in [7, 11) is 3.76. The standard InChI is InChI=1S/C31H33N5O3/c1-21(37)39-28-29(35(2)3)33-27(34-30(28)36-17-7-4-8-18-36)19-22-11-15-26(16-12-22)32-31(38)25-14-13-23-9-5-6-10-24(23)20-25/h5-6,9-16,20H,4,7-8,17-19H2,1-3H3,(H,32,38). The SMILES string of the molecule is CC(=O)Oc1c(N(C)C)nc(Cc2ccc(NC(=O)c3ccc4ccccc4c3)cc2)nc1N1CCCCC1. The first-order chi connectivity index (χ1) is 18.9. The number of carbonyl (C=O) groups excluding carboxylic acids is 2. The van der Waals surface area contributed by atoms with E-state index in [-0.39, 0.29) is 5.91 Å². The molecule has 0 aliphatic carbocycles. The number of amides is 1. The molecule has 1 saturated heterocycles. The van der Waals surface area contributed by atoms with Crippen LogP contribution in [0.15, 0.2) is 66.7 Å². The zero-order valence-electron chi connectivity index (χ0n) is 22.6. The molecule has 200 valence electrons. The minimum absolute atomic E-state index is 0.153. The van der Waals surface area contributed by atoms with Crippen molar-refractivity contribution in [3.05, 3.63) is 83.7 Å². The van der Waals surface area contributed by atoms with Gasteiger partial charge in [0.05, 0.1) is 0 Å². The molecule has 2 heterocycles. The summed E-state index contributed by atoms with van der Waals surface area (Å²) >= 11 is 0. The van der Waals surface area contributed by atoms with Crippen molar-refractivity contribution in [1.82, 2.24) is 9.97 Å². The van der Waals surface area contributed by atoms with E-state index in [1.807, 2.05) is 85.7 Å². The Morgan fingerprint density at radius 2 is 1.64 bits per heavy atom. The fourth-order valence-electron chi connectivity index (χ4n) is 4.83. The van der Waals surface area contributed by atoms with Crippen molar-refractivity contribution in [2.45, 2.75) is 32.6 Å². The van der Waals surface area contributed by atoms with Gasteiger partial charge in [0.15, 0.2) is 11.6 Å². The molecule has 1 amide bonds. The number of carbonyl (C=O) groups is 2. The van der Waals surface area contributed by atoms with Crippen molar-refractivity contribution in [3.63, 3.8) is 0 Å². The molecule has 8 heteroatoms. The molecule has 0 spiro atoms. The number of piperidine rings is 1. The summed E-state index contributed by atoms with van der Waals surface area (Å²) in [6.07, 6.45) is 3.83. The molecular formula is C31H33N5O3. The first kappa shape index (κ1) is 26.2. The monoisotopic (exact) mass is 523 g/mol. The van der Waals surface area contributed by atoms with Crippen molar-refractivity contribution in [3.8, 4) is 5.75 Å². The highest BCUT2D eigenvalue weighted by atomic mass is 16.5. The first-order valence-electron chi connectivity index (χ1n) is 13.3. The molecule has 0 unspecified atom stereocenters. The van der Waals surface area contributed by atoms with Gasteiger partial charge >= 0.3 is 5.97 Å². The van der Waals surface area contributed by atoms with Crippen LogP contribution in [-0.2, 0) is 11.2 Å². The van der Waals surface area contributed by atoms with E-state index < -0.39 is 5.97 Å². The molecular weight excluding hydrogens is 490 g/mol. The van der Waals surface area contributed by atoms with Crippen LogP contribution in [0.3, 0.4) is 0 Å². The quantitative estimate of drug-likeness (QED) is 0.322. The third-order valence-corrected chi connectivity index (χ3v) is 6.79. The van der Waals surface area contributed by atoms with Crippen LogP contribution in [0.4, 0.5) is 17.3 Å². The van der Waals surface area contributed by atoms with Gasteiger partial charge in [0.25, 0.3) is 5.91 Å². The van der Waals surface area contributed by atoms with Gasteiger partial charge in [-0.1, -0.05) is 42.5 Å². The van der Waals surface area contributed by atoms with Gasteiger partial charge in [-0.25, -0.2) is 9.97 Å². The van der Waals surface area contributed by atoms with E-state index in [2.05, 4.69) is 10.2 Å². The Balaban J connectivity index is 1.35. The summed E-state index contributed by atoms with van der Waals surface area (Å²) in [5.74, 6) is 1.75. The van der Waals surface area contributed by atoms with Gasteiger partial charge in [0.1, 0.15) is 5.82 Å². The number of benzene rings is 3. The van der Waals surface area contributed by atoms with Gasteiger partial charge in [0, 0.05) is 51.8 Å². The molecule has 1 aromatic heterocycles. The highest BCUT2D eigenvalue weighted by Gasteiger charge is 2.25. The van der Waals surface area contributed by atoms with E-state index in [1.54, 1.807) is 0 Å². The molecule has 0 bridgehead atoms. The molecule has 0 radical (unpaired) electrons. The molecule has 3 aromatic carbocycles. The number of nitrogens with zero attached hydrogens (tertiary/aromatic N) is 4. The second kappa shape index (κ2) is 11.5. The van der Waals surface area contributed by atoms with Gasteiger partial charge in [-0.05, 0) is 59.9 Å². The summed E-state index contributed by atoms with van der Waals surface area (Å²) < 4.78 is 5.62. The van der Waals surface area contributed by atoms with E-state index in [4.69, 9.17) is 14.7 Å². The van der Waals surface area contributed by atoms with Gasteiger partial charge in [-0.2, -0.15) is 0 Å². The van der Waals surface area contributed by atoms with E-state index >= 15 is 0 Å². The van der Waals surface area contributed by atoms with Crippen LogP contribution in [0, 0.1) is 0 Å². The fraction of sp³-hybridized carbons (Fsp3) is 0.290. The van der Waals surface area contributed by atoms with Crippen LogP contribution < -0.4 is 19.9 Å². The van der Waals surface area contributed by atoms with Crippen LogP contribution in [0.5, 0.6) is 5.75 Å². The highest BCUT2D eigenvalue weighted by Crippen LogP contribution is 2.36. The van der Waals surface area contributed by atoms with Gasteiger partial charge in [-0.15, -0.1) is 0 Å². The van der Waals surface area contributed by atoms with E-state index in [0.29, 0.717) is 40.9 Å². The molecule has 0 atom stereocenters. The summed E-state index contributed by atoms with van der Waals surface area (Å²) in [5, 5.41) is 5.11. The van der Waals surface area contributed by atoms with Gasteiger partial charge in [0.2, 0.25) is 5.75 Å². The van der Waals surface area contributed by atoms with Crippen LogP contribution in [-0.4, -0.2) is 49.0 Å². The number of hydrogen-bond acceptors (Lipinski definition) is 7. The Kier molecular flexibility index (Phi) is 7.72. The number of aromatic nitrogens is 2. The zero-order valence-corrected chi connectivity index (χ0v) is 22.6. The number of nitrogens with one attached hydrogen (secondary N) is 1. The predicted octanol–water partition coefficient (Wildman–Crippen LogP) is 5.45. The van der Waals surface area contributed by atoms with Crippen molar-refractivity contribution in [1.29, 1.82) is 0 Å². The van der Waals surface area contributed by atoms with Crippen LogP contribution >= 0.6 is 0 Å². The zero-order chi connectivity index (χ0) is 27.4. The third kappa shape index (κ3) is 6.17. The van der Waals surface area contributed by atoms with Crippen LogP contribution in [0.25, 0.3) is 10.8 Å². The Labute approximate surface area is 228 Å². The Morgan fingerprint density at radius 3 is 2.33 bits per heavy atom. The average Bonchev–Trinajstić information content (AvgIpc) is 2.94. The Morgan fingerprint density at radius 1 is 0.923 bits per heavy atom. The van der Waals surface area contributed by atoms with Crippen LogP contribution in [0.1, 0.15) is 47.9 Å². The lowest BCUT2D eigenvalue weighted by Crippen LogP contribution is -2.32. The summed E-state index contributed by atoms with van der Waals surface area (Å²) in [4.78, 5) is 38.4. The van der Waals surface area contributed by atoms with E-state index in [0.717, 1.165) is 42.3 Å². The molecule has 4 aromatic rings. The average molecular weight is 524 g/mol. The van der Waals surface area contributed by atoms with Crippen molar-refractivity contribution in [2.75, 3.05) is 42.3 Å². The number of anilines is 3. The van der Waals surface area contributed by atoms with E-state index in [9.17, 15) is 9.59 Å². The number of rotatable bonds is 7. The smallest absolute Gasteiger partial charge is 0.308 e. The molecule has 1 fully saturated rings. The maximum absolute atomic E-state index is 12.9. The second-order valence-corrected chi connectivity index (χ2v) is 10.0. The molecule has 1 aliphatic rings. The molecule has 5 rings (SSSR count). The van der Waals surface area contributed by atoms with Crippen molar-refractivity contribution >= 4 is 40.0 Å². The Hall–Kier alpha value is -4.46. The lowest BCUT2D eigenvalue weighted by molar-refractivity contribution is -0.131. The molecule has 0 saturated carbocycles. The normalized spacial score (nSPS) is 13.3. The summed E-state index contributed by atoms with van der Waals surface area (Å²) in [6.45, 7) is 3.13. The summed E-state index contributed by atoms with van der Waals surface area (Å²) in [6, 6.07) is 21.4. The van der Waals surface area contributed by atoms with Gasteiger partial charge < -0.3 is 19.9 Å². The number of esters is 1. The molecule has 8 nitrogen and oxygen atoms in total. The van der Waals surface area contributed by atoms with Crippen molar-refractivity contribution in [2.24, 2.45) is 0 Å². The maximum Gasteiger partial charge on any atom is 0.308 e. The number of fused-ring (bicyclic) bond motifs is 1. The molecule has 39 heavy (non-hydrogen) atoms.